The molecule has 0 radical (unpaired) electrons. The van der Waals surface area contributed by atoms with Crippen LogP contribution in [0.25, 0.3) is 0 Å². The zero-order valence-corrected chi connectivity index (χ0v) is 11.4. The number of anilines is 1. The Bertz CT molecular complexity index is 379. The molecule has 88 valence electrons. The molecule has 1 aromatic carbocycles. The molecular weight excluding hydrogens is 268 g/mol. The van der Waals surface area contributed by atoms with E-state index in [9.17, 15) is 4.79 Å². The third kappa shape index (κ3) is 3.61. The number of carbonyl (C=O) groups is 1. The summed E-state index contributed by atoms with van der Waals surface area (Å²) in [5.41, 5.74) is 8.60. The number of hydrogen-bond donors (Lipinski definition) is 2. The number of nitrogens with two attached hydrogens (primary N) is 1. The monoisotopic (exact) mass is 284 g/mol. The van der Waals surface area contributed by atoms with E-state index in [0.29, 0.717) is 6.42 Å². The second kappa shape index (κ2) is 5.46. The first-order valence-electron chi connectivity index (χ1n) is 5.22. The predicted octanol–water partition coefficient (Wildman–Crippen LogP) is 2.74. The highest BCUT2D eigenvalue weighted by Crippen LogP contribution is 2.25. The average molecular weight is 285 g/mol. The van der Waals surface area contributed by atoms with Gasteiger partial charge in [0.25, 0.3) is 0 Å². The Labute approximate surface area is 105 Å². The molecule has 0 bridgehead atoms. The first kappa shape index (κ1) is 13.2. The lowest BCUT2D eigenvalue weighted by Crippen LogP contribution is -2.24. The Morgan fingerprint density at radius 1 is 1.44 bits per heavy atom. The van der Waals surface area contributed by atoms with E-state index in [0.717, 1.165) is 21.3 Å². The standard InChI is InChI=1S/C12H17BrN2O/c1-7-4-10(5-8(2)12(7)13)15-11(16)6-9(3)14/h4-5,9H,6,14H2,1-3H3,(H,15,16). The van der Waals surface area contributed by atoms with Gasteiger partial charge in [-0.2, -0.15) is 0 Å². The Hall–Kier alpha value is -0.870. The summed E-state index contributed by atoms with van der Waals surface area (Å²) in [5, 5.41) is 2.84. The molecule has 4 heteroatoms. The van der Waals surface area contributed by atoms with E-state index in [1.165, 1.54) is 0 Å². The molecule has 1 amide bonds. The molecule has 3 nitrogen and oxygen atoms in total. The molecule has 1 unspecified atom stereocenters. The lowest BCUT2D eigenvalue weighted by molar-refractivity contribution is -0.116. The van der Waals surface area contributed by atoms with Gasteiger partial charge in [-0.3, -0.25) is 4.79 Å². The first-order chi connectivity index (χ1) is 7.40. The van der Waals surface area contributed by atoms with E-state index in [1.54, 1.807) is 0 Å². The number of benzene rings is 1. The van der Waals surface area contributed by atoms with Crippen molar-refractivity contribution in [3.8, 4) is 0 Å². The van der Waals surface area contributed by atoms with E-state index in [4.69, 9.17) is 5.73 Å². The van der Waals surface area contributed by atoms with Gasteiger partial charge in [-0.25, -0.2) is 0 Å². The van der Waals surface area contributed by atoms with Crippen molar-refractivity contribution in [3.63, 3.8) is 0 Å². The van der Waals surface area contributed by atoms with Crippen LogP contribution in [0.2, 0.25) is 0 Å². The summed E-state index contributed by atoms with van der Waals surface area (Å²) in [6, 6.07) is 3.77. The van der Waals surface area contributed by atoms with Crippen molar-refractivity contribution in [1.29, 1.82) is 0 Å². The summed E-state index contributed by atoms with van der Waals surface area (Å²) >= 11 is 3.49. The maximum atomic E-state index is 11.5. The molecule has 1 rings (SSSR count). The SMILES string of the molecule is Cc1cc(NC(=O)CC(C)N)cc(C)c1Br. The summed E-state index contributed by atoms with van der Waals surface area (Å²) in [6.45, 7) is 5.81. The smallest absolute Gasteiger partial charge is 0.225 e. The van der Waals surface area contributed by atoms with Gasteiger partial charge in [-0.1, -0.05) is 15.9 Å². The molecule has 0 aromatic heterocycles. The molecule has 0 heterocycles. The van der Waals surface area contributed by atoms with Crippen molar-refractivity contribution in [2.24, 2.45) is 5.73 Å². The summed E-state index contributed by atoms with van der Waals surface area (Å²) in [4.78, 5) is 11.5. The van der Waals surface area contributed by atoms with Crippen molar-refractivity contribution in [2.45, 2.75) is 33.2 Å². The Balaban J connectivity index is 2.79. The van der Waals surface area contributed by atoms with Crippen LogP contribution in [0.15, 0.2) is 16.6 Å². The minimum Gasteiger partial charge on any atom is -0.327 e. The molecule has 0 saturated carbocycles. The molecule has 0 spiro atoms. The topological polar surface area (TPSA) is 55.1 Å². The van der Waals surface area contributed by atoms with Crippen LogP contribution >= 0.6 is 15.9 Å². The number of aryl methyl sites for hydroxylation is 2. The molecular formula is C12H17BrN2O. The number of halogens is 1. The molecule has 0 aliphatic heterocycles. The third-order valence-electron chi connectivity index (χ3n) is 2.23. The maximum absolute atomic E-state index is 11.5. The maximum Gasteiger partial charge on any atom is 0.225 e. The minimum atomic E-state index is -0.113. The Morgan fingerprint density at radius 2 is 1.94 bits per heavy atom. The molecule has 3 N–H and O–H groups in total. The van der Waals surface area contributed by atoms with Gasteiger partial charge in [0.15, 0.2) is 0 Å². The highest BCUT2D eigenvalue weighted by molar-refractivity contribution is 9.10. The van der Waals surface area contributed by atoms with Crippen LogP contribution in [0.4, 0.5) is 5.69 Å². The Kier molecular flexibility index (Phi) is 4.50. The van der Waals surface area contributed by atoms with Gasteiger partial charge in [0.05, 0.1) is 0 Å². The number of hydrogen-bond acceptors (Lipinski definition) is 2. The quantitative estimate of drug-likeness (QED) is 0.897. The molecule has 0 aliphatic carbocycles. The fourth-order valence-electron chi connectivity index (χ4n) is 1.52. The van der Waals surface area contributed by atoms with Gasteiger partial charge in [0.1, 0.15) is 0 Å². The zero-order valence-electron chi connectivity index (χ0n) is 9.80. The van der Waals surface area contributed by atoms with Crippen LogP contribution in [0.5, 0.6) is 0 Å². The number of rotatable bonds is 3. The second-order valence-corrected chi connectivity index (χ2v) is 4.95. The van der Waals surface area contributed by atoms with Crippen LogP contribution in [0, 0.1) is 13.8 Å². The second-order valence-electron chi connectivity index (χ2n) is 4.15. The molecule has 0 aliphatic rings. The van der Waals surface area contributed by atoms with Crippen molar-refractivity contribution in [1.82, 2.24) is 0 Å². The highest BCUT2D eigenvalue weighted by Gasteiger charge is 2.07. The fourth-order valence-corrected chi connectivity index (χ4v) is 1.75. The molecule has 0 saturated heterocycles. The lowest BCUT2D eigenvalue weighted by Gasteiger charge is -2.10. The van der Waals surface area contributed by atoms with Crippen molar-refractivity contribution >= 4 is 27.5 Å². The van der Waals surface area contributed by atoms with Crippen molar-refractivity contribution in [3.05, 3.63) is 27.7 Å². The molecule has 16 heavy (non-hydrogen) atoms. The van der Waals surface area contributed by atoms with Crippen molar-refractivity contribution < 1.29 is 4.79 Å². The van der Waals surface area contributed by atoms with Gasteiger partial charge in [0, 0.05) is 22.6 Å². The van der Waals surface area contributed by atoms with E-state index in [2.05, 4.69) is 21.2 Å². The largest absolute Gasteiger partial charge is 0.327 e. The summed E-state index contributed by atoms with van der Waals surface area (Å²) in [5.74, 6) is -0.0453. The Morgan fingerprint density at radius 3 is 2.38 bits per heavy atom. The van der Waals surface area contributed by atoms with E-state index in [1.807, 2.05) is 32.9 Å². The van der Waals surface area contributed by atoms with Gasteiger partial charge in [0.2, 0.25) is 5.91 Å². The highest BCUT2D eigenvalue weighted by atomic mass is 79.9. The third-order valence-corrected chi connectivity index (χ3v) is 3.48. The molecule has 0 fully saturated rings. The van der Waals surface area contributed by atoms with Crippen LogP contribution in [0.1, 0.15) is 24.5 Å². The summed E-state index contributed by atoms with van der Waals surface area (Å²) in [6.07, 6.45) is 0.341. The van der Waals surface area contributed by atoms with Crippen LogP contribution in [-0.2, 0) is 4.79 Å². The number of amides is 1. The van der Waals surface area contributed by atoms with Gasteiger partial charge >= 0.3 is 0 Å². The van der Waals surface area contributed by atoms with Gasteiger partial charge < -0.3 is 11.1 Å². The fraction of sp³-hybridized carbons (Fsp3) is 0.417. The van der Waals surface area contributed by atoms with E-state index < -0.39 is 0 Å². The average Bonchev–Trinajstić information content (AvgIpc) is 2.12. The summed E-state index contributed by atoms with van der Waals surface area (Å²) in [7, 11) is 0. The van der Waals surface area contributed by atoms with Crippen LogP contribution in [-0.4, -0.2) is 11.9 Å². The van der Waals surface area contributed by atoms with Crippen molar-refractivity contribution in [2.75, 3.05) is 5.32 Å². The number of nitrogens with one attached hydrogen (secondary N) is 1. The van der Waals surface area contributed by atoms with E-state index >= 15 is 0 Å². The zero-order chi connectivity index (χ0) is 12.3. The van der Waals surface area contributed by atoms with Gasteiger partial charge in [-0.05, 0) is 44.0 Å². The normalized spacial score (nSPS) is 12.3. The van der Waals surface area contributed by atoms with E-state index in [-0.39, 0.29) is 11.9 Å². The number of carbonyl (C=O) groups excluding carboxylic acids is 1. The summed E-state index contributed by atoms with van der Waals surface area (Å²) < 4.78 is 1.08. The van der Waals surface area contributed by atoms with Crippen LogP contribution in [0.3, 0.4) is 0 Å². The van der Waals surface area contributed by atoms with Gasteiger partial charge in [-0.15, -0.1) is 0 Å². The molecule has 1 aromatic rings. The predicted molar refractivity (Wildman–Crippen MR) is 70.5 cm³/mol. The minimum absolute atomic E-state index is 0.0453. The molecule has 1 atom stereocenters. The lowest BCUT2D eigenvalue weighted by atomic mass is 10.1. The van der Waals surface area contributed by atoms with Crippen LogP contribution < -0.4 is 11.1 Å². The first-order valence-corrected chi connectivity index (χ1v) is 6.01.